The predicted molar refractivity (Wildman–Crippen MR) is 107 cm³/mol. The highest BCUT2D eigenvalue weighted by atomic mass is 35.5. The van der Waals surface area contributed by atoms with E-state index >= 15 is 0 Å². The zero-order chi connectivity index (χ0) is 17.3. The van der Waals surface area contributed by atoms with Gasteiger partial charge in [0, 0.05) is 30.7 Å². The summed E-state index contributed by atoms with van der Waals surface area (Å²) >= 11 is 0. The molecule has 8 heteroatoms. The van der Waals surface area contributed by atoms with Crippen molar-refractivity contribution in [1.82, 2.24) is 20.6 Å². The fourth-order valence-corrected chi connectivity index (χ4v) is 3.04. The number of fused-ring (bicyclic) bond motifs is 1. The molecule has 3 rings (SSSR count). The maximum atomic E-state index is 12.4. The lowest BCUT2D eigenvalue weighted by atomic mass is 9.96. The van der Waals surface area contributed by atoms with E-state index in [0.29, 0.717) is 6.54 Å². The summed E-state index contributed by atoms with van der Waals surface area (Å²) in [6, 6.07) is 1.64. The maximum Gasteiger partial charge on any atom is 0.261 e. The van der Waals surface area contributed by atoms with E-state index in [-0.39, 0.29) is 41.8 Å². The van der Waals surface area contributed by atoms with Gasteiger partial charge in [0.2, 0.25) is 0 Å². The standard InChI is InChI=1S/C18H22N4O2.2ClH/c1-10-6-15(18(24)22-11(10)2)17(23)21-9-16-12(3)20-8-13-7-19-5-4-14(13)16;;/h6,8,19H,4-5,7,9H2,1-3H3,(H,21,23)(H,22,24);2*1H. The molecule has 0 fully saturated rings. The van der Waals surface area contributed by atoms with Crippen molar-refractivity contribution in [3.8, 4) is 0 Å². The van der Waals surface area contributed by atoms with E-state index in [1.165, 1.54) is 11.1 Å². The van der Waals surface area contributed by atoms with E-state index in [9.17, 15) is 9.59 Å². The molecule has 0 atom stereocenters. The second kappa shape index (κ2) is 9.16. The first-order valence-electron chi connectivity index (χ1n) is 8.13. The number of pyridine rings is 2. The number of rotatable bonds is 3. The lowest BCUT2D eigenvalue weighted by molar-refractivity contribution is 0.0949. The Kier molecular flexibility index (Phi) is 7.81. The van der Waals surface area contributed by atoms with Gasteiger partial charge in [-0.3, -0.25) is 14.6 Å². The summed E-state index contributed by atoms with van der Waals surface area (Å²) in [7, 11) is 0. The summed E-state index contributed by atoms with van der Waals surface area (Å²) in [4.78, 5) is 31.6. The van der Waals surface area contributed by atoms with E-state index in [0.717, 1.165) is 42.0 Å². The molecule has 142 valence electrons. The number of aryl methyl sites for hydroxylation is 3. The van der Waals surface area contributed by atoms with Gasteiger partial charge in [-0.15, -0.1) is 24.8 Å². The van der Waals surface area contributed by atoms with Crippen molar-refractivity contribution in [2.24, 2.45) is 0 Å². The maximum absolute atomic E-state index is 12.4. The van der Waals surface area contributed by atoms with Crippen LogP contribution in [-0.2, 0) is 19.5 Å². The zero-order valence-electron chi connectivity index (χ0n) is 15.1. The molecule has 0 unspecified atom stereocenters. The van der Waals surface area contributed by atoms with Crippen LogP contribution in [0.1, 0.15) is 44.0 Å². The first-order valence-corrected chi connectivity index (χ1v) is 8.13. The van der Waals surface area contributed by atoms with Gasteiger partial charge in [0.05, 0.1) is 0 Å². The summed E-state index contributed by atoms with van der Waals surface area (Å²) in [6.45, 7) is 7.75. The minimum absolute atomic E-state index is 0. The lowest BCUT2D eigenvalue weighted by Gasteiger charge is -2.21. The third-order valence-electron chi connectivity index (χ3n) is 4.64. The van der Waals surface area contributed by atoms with E-state index in [1.54, 1.807) is 6.07 Å². The summed E-state index contributed by atoms with van der Waals surface area (Å²) in [6.07, 6.45) is 2.82. The number of amides is 1. The zero-order valence-corrected chi connectivity index (χ0v) is 16.7. The average Bonchev–Trinajstić information content (AvgIpc) is 2.57. The molecule has 1 aliphatic heterocycles. The number of carbonyl (C=O) groups excluding carboxylic acids is 1. The Balaban J connectivity index is 0.00000169. The monoisotopic (exact) mass is 398 g/mol. The lowest BCUT2D eigenvalue weighted by Crippen LogP contribution is -2.31. The molecule has 2 aromatic heterocycles. The van der Waals surface area contributed by atoms with Crippen LogP contribution >= 0.6 is 24.8 Å². The smallest absolute Gasteiger partial charge is 0.261 e. The molecule has 2 aromatic rings. The number of nitrogens with one attached hydrogen (secondary N) is 3. The Bertz CT molecular complexity index is 865. The number of aromatic nitrogens is 2. The van der Waals surface area contributed by atoms with Crippen molar-refractivity contribution in [3.05, 3.63) is 61.8 Å². The number of H-pyrrole nitrogens is 1. The van der Waals surface area contributed by atoms with Crippen molar-refractivity contribution in [2.75, 3.05) is 6.54 Å². The van der Waals surface area contributed by atoms with Gasteiger partial charge in [0.15, 0.2) is 0 Å². The second-order valence-electron chi connectivity index (χ2n) is 6.26. The van der Waals surface area contributed by atoms with E-state index in [2.05, 4.69) is 20.6 Å². The molecule has 0 spiro atoms. The Morgan fingerprint density at radius 3 is 2.73 bits per heavy atom. The van der Waals surface area contributed by atoms with Crippen LogP contribution in [0.3, 0.4) is 0 Å². The highest BCUT2D eigenvalue weighted by Crippen LogP contribution is 2.20. The van der Waals surface area contributed by atoms with Crippen LogP contribution in [0.2, 0.25) is 0 Å². The van der Waals surface area contributed by atoms with Gasteiger partial charge < -0.3 is 15.6 Å². The summed E-state index contributed by atoms with van der Waals surface area (Å²) < 4.78 is 0. The molecule has 3 N–H and O–H groups in total. The molecular formula is C18H24Cl2N4O2. The molecule has 0 aromatic carbocycles. The number of hydrogen-bond acceptors (Lipinski definition) is 4. The normalized spacial score (nSPS) is 12.4. The number of halogens is 2. The van der Waals surface area contributed by atoms with Crippen molar-refractivity contribution in [1.29, 1.82) is 0 Å². The Morgan fingerprint density at radius 1 is 1.27 bits per heavy atom. The number of nitrogens with zero attached hydrogens (tertiary/aromatic N) is 1. The van der Waals surface area contributed by atoms with E-state index in [4.69, 9.17) is 0 Å². The van der Waals surface area contributed by atoms with Gasteiger partial charge in [-0.25, -0.2) is 0 Å². The molecule has 0 aliphatic carbocycles. The highest BCUT2D eigenvalue weighted by molar-refractivity contribution is 5.94. The van der Waals surface area contributed by atoms with Gasteiger partial charge in [0.1, 0.15) is 5.56 Å². The molecule has 3 heterocycles. The highest BCUT2D eigenvalue weighted by Gasteiger charge is 2.17. The number of aromatic amines is 1. The van der Waals surface area contributed by atoms with Gasteiger partial charge in [-0.1, -0.05) is 0 Å². The molecule has 1 aliphatic rings. The predicted octanol–water partition coefficient (Wildman–Crippen LogP) is 2.11. The van der Waals surface area contributed by atoms with Crippen LogP contribution in [-0.4, -0.2) is 22.4 Å². The van der Waals surface area contributed by atoms with Crippen LogP contribution in [0.25, 0.3) is 0 Å². The number of carbonyl (C=O) groups is 1. The van der Waals surface area contributed by atoms with Crippen molar-refractivity contribution < 1.29 is 4.79 Å². The topological polar surface area (TPSA) is 86.9 Å². The van der Waals surface area contributed by atoms with Crippen molar-refractivity contribution in [2.45, 2.75) is 40.3 Å². The Morgan fingerprint density at radius 2 is 2.00 bits per heavy atom. The summed E-state index contributed by atoms with van der Waals surface area (Å²) in [5, 5.41) is 6.20. The van der Waals surface area contributed by atoms with Crippen LogP contribution in [0, 0.1) is 20.8 Å². The fraction of sp³-hybridized carbons (Fsp3) is 0.389. The van der Waals surface area contributed by atoms with Crippen LogP contribution < -0.4 is 16.2 Å². The summed E-state index contributed by atoms with van der Waals surface area (Å²) in [5.74, 6) is -0.356. The van der Waals surface area contributed by atoms with Gasteiger partial charge >= 0.3 is 0 Å². The molecule has 0 saturated carbocycles. The second-order valence-corrected chi connectivity index (χ2v) is 6.26. The molecule has 26 heavy (non-hydrogen) atoms. The van der Waals surface area contributed by atoms with Crippen LogP contribution in [0.15, 0.2) is 17.1 Å². The van der Waals surface area contributed by atoms with Crippen LogP contribution in [0.4, 0.5) is 0 Å². The first-order chi connectivity index (χ1) is 11.5. The fourth-order valence-electron chi connectivity index (χ4n) is 3.04. The van der Waals surface area contributed by atoms with Gasteiger partial charge in [-0.05, 0) is 62.1 Å². The minimum atomic E-state index is -0.357. The number of hydrogen-bond donors (Lipinski definition) is 3. The molecule has 6 nitrogen and oxygen atoms in total. The molecule has 0 saturated heterocycles. The SMILES string of the molecule is Cc1cc(C(=O)NCc2c(C)ncc3c2CCNC3)c(=O)[nH]c1C.Cl.Cl. The largest absolute Gasteiger partial charge is 0.348 e. The molecular weight excluding hydrogens is 375 g/mol. The van der Waals surface area contributed by atoms with E-state index in [1.807, 2.05) is 27.0 Å². The Labute approximate surface area is 165 Å². The molecule has 0 bridgehead atoms. The van der Waals surface area contributed by atoms with E-state index < -0.39 is 0 Å². The Hall–Kier alpha value is -1.89. The quantitative estimate of drug-likeness (QED) is 0.738. The van der Waals surface area contributed by atoms with Crippen LogP contribution in [0.5, 0.6) is 0 Å². The first kappa shape index (κ1) is 22.2. The van der Waals surface area contributed by atoms with Crippen molar-refractivity contribution in [3.63, 3.8) is 0 Å². The average molecular weight is 399 g/mol. The minimum Gasteiger partial charge on any atom is -0.348 e. The van der Waals surface area contributed by atoms with Gasteiger partial charge in [0.25, 0.3) is 11.5 Å². The summed E-state index contributed by atoms with van der Waals surface area (Å²) in [5.41, 5.74) is 5.88. The third-order valence-corrected chi connectivity index (χ3v) is 4.64. The molecule has 1 amide bonds. The van der Waals surface area contributed by atoms with Gasteiger partial charge in [-0.2, -0.15) is 0 Å². The molecule has 0 radical (unpaired) electrons. The van der Waals surface area contributed by atoms with Crippen molar-refractivity contribution >= 4 is 30.7 Å². The third kappa shape index (κ3) is 4.44.